The normalized spacial score (nSPS) is 11.6. The van der Waals surface area contributed by atoms with E-state index >= 15 is 0 Å². The third-order valence-electron chi connectivity index (χ3n) is 3.63. The summed E-state index contributed by atoms with van der Waals surface area (Å²) in [6.07, 6.45) is 0. The van der Waals surface area contributed by atoms with Crippen molar-refractivity contribution >= 4 is 55.8 Å². The second-order valence-corrected chi connectivity index (χ2v) is 8.78. The monoisotopic (exact) mass is 492 g/mol. The average molecular weight is 493 g/mol. The van der Waals surface area contributed by atoms with Gasteiger partial charge in [0.25, 0.3) is 5.91 Å². The summed E-state index contributed by atoms with van der Waals surface area (Å²) in [7, 11) is -3.66. The molecular formula is C17H18ClIN2O3S. The lowest BCUT2D eigenvalue weighted by Crippen LogP contribution is -2.30. The van der Waals surface area contributed by atoms with Crippen molar-refractivity contribution < 1.29 is 13.2 Å². The smallest absolute Gasteiger partial charge is 0.257 e. The molecule has 25 heavy (non-hydrogen) atoms. The van der Waals surface area contributed by atoms with Crippen LogP contribution in [0, 0.1) is 3.57 Å². The van der Waals surface area contributed by atoms with Crippen LogP contribution >= 0.6 is 34.2 Å². The summed E-state index contributed by atoms with van der Waals surface area (Å²) in [6, 6.07) is 11.4. The first kappa shape index (κ1) is 20.2. The Morgan fingerprint density at radius 2 is 1.72 bits per heavy atom. The molecule has 1 amide bonds. The van der Waals surface area contributed by atoms with Crippen molar-refractivity contribution in [1.29, 1.82) is 0 Å². The number of benzene rings is 2. The van der Waals surface area contributed by atoms with Crippen molar-refractivity contribution in [3.8, 4) is 0 Å². The predicted octanol–water partition coefficient (Wildman–Crippen LogP) is 4.23. The zero-order valence-corrected chi connectivity index (χ0v) is 17.5. The summed E-state index contributed by atoms with van der Waals surface area (Å²) >= 11 is 8.28. The number of hydrogen-bond acceptors (Lipinski definition) is 3. The highest BCUT2D eigenvalue weighted by Gasteiger charge is 2.23. The molecule has 0 aliphatic carbocycles. The van der Waals surface area contributed by atoms with E-state index in [4.69, 9.17) is 11.6 Å². The van der Waals surface area contributed by atoms with Crippen LogP contribution in [0.1, 0.15) is 24.2 Å². The van der Waals surface area contributed by atoms with E-state index in [9.17, 15) is 13.2 Å². The van der Waals surface area contributed by atoms with Crippen molar-refractivity contribution in [1.82, 2.24) is 4.31 Å². The van der Waals surface area contributed by atoms with Gasteiger partial charge in [-0.1, -0.05) is 25.4 Å². The Kier molecular flexibility index (Phi) is 6.84. The van der Waals surface area contributed by atoms with E-state index in [1.54, 1.807) is 26.0 Å². The number of anilines is 1. The van der Waals surface area contributed by atoms with Gasteiger partial charge in [-0.15, -0.1) is 0 Å². The van der Waals surface area contributed by atoms with Crippen molar-refractivity contribution in [2.24, 2.45) is 0 Å². The summed E-state index contributed by atoms with van der Waals surface area (Å²) in [6.45, 7) is 4.24. The second-order valence-electron chi connectivity index (χ2n) is 5.19. The summed E-state index contributed by atoms with van der Waals surface area (Å²) < 4.78 is 27.6. The molecule has 0 saturated heterocycles. The maximum atomic E-state index is 12.6. The molecule has 2 aromatic rings. The standard InChI is InChI=1S/C17H18ClIN2O3S/c1-3-21(4-2)25(23,24)14-9-10-16(18)15(11-14)17(22)20-13-7-5-12(19)6-8-13/h5-11H,3-4H2,1-2H3,(H,20,22). The summed E-state index contributed by atoms with van der Waals surface area (Å²) in [5.74, 6) is -0.456. The number of halogens is 2. The summed E-state index contributed by atoms with van der Waals surface area (Å²) in [4.78, 5) is 12.6. The van der Waals surface area contributed by atoms with Gasteiger partial charge >= 0.3 is 0 Å². The number of rotatable bonds is 6. The fourth-order valence-electron chi connectivity index (χ4n) is 2.28. The molecule has 0 atom stereocenters. The minimum absolute atomic E-state index is 0.0494. The van der Waals surface area contributed by atoms with Crippen LogP contribution in [0.25, 0.3) is 0 Å². The van der Waals surface area contributed by atoms with E-state index in [0.717, 1.165) is 3.57 Å². The van der Waals surface area contributed by atoms with Gasteiger partial charge in [-0.3, -0.25) is 4.79 Å². The molecule has 0 saturated carbocycles. The Bertz CT molecular complexity index is 866. The highest BCUT2D eigenvalue weighted by atomic mass is 127. The van der Waals surface area contributed by atoms with E-state index in [1.807, 2.05) is 12.1 Å². The van der Waals surface area contributed by atoms with Gasteiger partial charge < -0.3 is 5.32 Å². The number of nitrogens with one attached hydrogen (secondary N) is 1. The molecule has 2 aromatic carbocycles. The molecule has 0 heterocycles. The van der Waals surface area contributed by atoms with Crippen LogP contribution in [-0.4, -0.2) is 31.7 Å². The molecule has 8 heteroatoms. The van der Waals surface area contributed by atoms with E-state index in [1.165, 1.54) is 22.5 Å². The molecule has 0 spiro atoms. The van der Waals surface area contributed by atoms with Gasteiger partial charge in [0.1, 0.15) is 0 Å². The second kappa shape index (κ2) is 8.48. The number of sulfonamides is 1. The third kappa shape index (κ3) is 4.72. The van der Waals surface area contributed by atoms with Gasteiger partial charge in [-0.25, -0.2) is 8.42 Å². The average Bonchev–Trinajstić information content (AvgIpc) is 2.58. The molecular weight excluding hydrogens is 475 g/mol. The Morgan fingerprint density at radius 1 is 1.12 bits per heavy atom. The lowest BCUT2D eigenvalue weighted by molar-refractivity contribution is 0.102. The highest BCUT2D eigenvalue weighted by molar-refractivity contribution is 14.1. The Labute approximate surface area is 166 Å². The highest BCUT2D eigenvalue weighted by Crippen LogP contribution is 2.24. The number of hydrogen-bond donors (Lipinski definition) is 1. The van der Waals surface area contributed by atoms with E-state index < -0.39 is 15.9 Å². The van der Waals surface area contributed by atoms with Crippen LogP contribution < -0.4 is 5.32 Å². The fraction of sp³-hybridized carbons (Fsp3) is 0.235. The molecule has 2 rings (SSSR count). The fourth-order valence-corrected chi connectivity index (χ4v) is 4.33. The SMILES string of the molecule is CCN(CC)S(=O)(=O)c1ccc(Cl)c(C(=O)Nc2ccc(I)cc2)c1. The van der Waals surface area contributed by atoms with Crippen LogP contribution in [0.5, 0.6) is 0 Å². The van der Waals surface area contributed by atoms with Gasteiger partial charge in [0.15, 0.2) is 0 Å². The molecule has 0 aliphatic heterocycles. The first-order valence-electron chi connectivity index (χ1n) is 7.66. The quantitative estimate of drug-likeness (QED) is 0.614. The minimum Gasteiger partial charge on any atom is -0.322 e. The zero-order chi connectivity index (χ0) is 18.6. The first-order valence-corrected chi connectivity index (χ1v) is 10.6. The summed E-state index contributed by atoms with van der Waals surface area (Å²) in [5, 5.41) is 2.92. The molecule has 0 bridgehead atoms. The van der Waals surface area contributed by atoms with Crippen molar-refractivity contribution in [3.63, 3.8) is 0 Å². The summed E-state index contributed by atoms with van der Waals surface area (Å²) in [5.41, 5.74) is 0.729. The number of amides is 1. The largest absolute Gasteiger partial charge is 0.322 e. The zero-order valence-electron chi connectivity index (χ0n) is 13.8. The van der Waals surface area contributed by atoms with E-state index in [2.05, 4.69) is 27.9 Å². The van der Waals surface area contributed by atoms with Crippen LogP contribution in [-0.2, 0) is 10.0 Å². The van der Waals surface area contributed by atoms with E-state index in [-0.39, 0.29) is 15.5 Å². The van der Waals surface area contributed by atoms with Crippen LogP contribution in [0.3, 0.4) is 0 Å². The molecule has 0 radical (unpaired) electrons. The maximum Gasteiger partial charge on any atom is 0.257 e. The van der Waals surface area contributed by atoms with Crippen molar-refractivity contribution in [3.05, 3.63) is 56.6 Å². The van der Waals surface area contributed by atoms with Gasteiger partial charge in [0.05, 0.1) is 15.5 Å². The molecule has 0 unspecified atom stereocenters. The molecule has 5 nitrogen and oxygen atoms in total. The van der Waals surface area contributed by atoms with Crippen LogP contribution in [0.4, 0.5) is 5.69 Å². The van der Waals surface area contributed by atoms with Gasteiger partial charge in [-0.05, 0) is 65.1 Å². The number of carbonyl (C=O) groups is 1. The van der Waals surface area contributed by atoms with Crippen LogP contribution in [0.2, 0.25) is 5.02 Å². The lowest BCUT2D eigenvalue weighted by Gasteiger charge is -2.19. The Hall–Kier alpha value is -1.16. The molecule has 1 N–H and O–H groups in total. The van der Waals surface area contributed by atoms with Gasteiger partial charge in [0.2, 0.25) is 10.0 Å². The van der Waals surface area contributed by atoms with Crippen molar-refractivity contribution in [2.75, 3.05) is 18.4 Å². The van der Waals surface area contributed by atoms with Gasteiger partial charge in [-0.2, -0.15) is 4.31 Å². The predicted molar refractivity (Wildman–Crippen MR) is 109 cm³/mol. The molecule has 0 aliphatic rings. The van der Waals surface area contributed by atoms with E-state index in [0.29, 0.717) is 18.8 Å². The Balaban J connectivity index is 2.35. The van der Waals surface area contributed by atoms with Crippen molar-refractivity contribution in [2.45, 2.75) is 18.7 Å². The number of nitrogens with zero attached hydrogens (tertiary/aromatic N) is 1. The minimum atomic E-state index is -3.66. The molecule has 0 aromatic heterocycles. The van der Waals surface area contributed by atoms with Gasteiger partial charge in [0, 0.05) is 22.3 Å². The first-order chi connectivity index (χ1) is 11.8. The topological polar surface area (TPSA) is 66.5 Å². The van der Waals surface area contributed by atoms with Crippen LogP contribution in [0.15, 0.2) is 47.4 Å². The lowest BCUT2D eigenvalue weighted by atomic mass is 10.2. The Morgan fingerprint density at radius 3 is 2.28 bits per heavy atom. The third-order valence-corrected chi connectivity index (χ3v) is 6.72. The number of carbonyl (C=O) groups excluding carboxylic acids is 1. The molecule has 134 valence electrons. The maximum absolute atomic E-state index is 12.6. The molecule has 0 fully saturated rings.